The molecular formula is C21H16Cl2N4O9S4. The molecule has 4 N–H and O–H groups in total. The highest BCUT2D eigenvalue weighted by Gasteiger charge is 2.40. The molecule has 5 rings (SSSR count). The van der Waals surface area contributed by atoms with Crippen molar-refractivity contribution in [1.29, 1.82) is 0 Å². The lowest BCUT2D eigenvalue weighted by Crippen LogP contribution is -2.36. The number of sulfonamides is 2. The summed E-state index contributed by atoms with van der Waals surface area (Å²) in [6.45, 7) is 0. The fourth-order valence-electron chi connectivity index (χ4n) is 3.39. The molecule has 1 amide bonds. The summed E-state index contributed by atoms with van der Waals surface area (Å²) < 4.78 is 55.8. The first kappa shape index (κ1) is 29.6. The van der Waals surface area contributed by atoms with E-state index in [0.717, 1.165) is 34.1 Å². The SMILES string of the molecule is CN1C(C(=O)Nc2ccccn2)=C(O)c2sc(Cl)cc2S1(=O)=O.COC(=O)C1=C(O)c2sc(Cl)cc2S(=O)(=O)N1. The maximum absolute atomic E-state index is 12.5. The van der Waals surface area contributed by atoms with Crippen molar-refractivity contribution >= 4 is 95.1 Å². The van der Waals surface area contributed by atoms with Crippen molar-refractivity contribution in [2.24, 2.45) is 0 Å². The minimum atomic E-state index is -3.96. The topological polar surface area (TPSA) is 192 Å². The molecule has 0 atom stereocenters. The summed E-state index contributed by atoms with van der Waals surface area (Å²) in [5, 5.41) is 22.5. The van der Waals surface area contributed by atoms with Crippen molar-refractivity contribution in [3.8, 4) is 0 Å². The van der Waals surface area contributed by atoms with Crippen LogP contribution >= 0.6 is 45.9 Å². The van der Waals surface area contributed by atoms with Crippen LogP contribution in [-0.2, 0) is 34.4 Å². The molecule has 0 fully saturated rings. The van der Waals surface area contributed by atoms with Crippen LogP contribution in [0.4, 0.5) is 5.82 Å². The average Bonchev–Trinajstić information content (AvgIpc) is 3.50. The minimum absolute atomic E-state index is 0.0224. The van der Waals surface area contributed by atoms with Gasteiger partial charge in [0.05, 0.1) is 25.5 Å². The number of halogens is 2. The third-order valence-electron chi connectivity index (χ3n) is 5.22. The van der Waals surface area contributed by atoms with Gasteiger partial charge in [0.15, 0.2) is 22.9 Å². The van der Waals surface area contributed by atoms with Crippen molar-refractivity contribution in [1.82, 2.24) is 14.0 Å². The number of rotatable bonds is 3. The number of likely N-dealkylation sites (N-methyl/N-ethyl adjacent to an activating group) is 1. The fraction of sp³-hybridized carbons (Fsp3) is 0.0952. The van der Waals surface area contributed by atoms with Crippen LogP contribution in [0.2, 0.25) is 8.67 Å². The molecule has 3 aromatic rings. The Morgan fingerprint density at radius 2 is 1.62 bits per heavy atom. The molecule has 13 nitrogen and oxygen atoms in total. The second kappa shape index (κ2) is 10.9. The van der Waals surface area contributed by atoms with Gasteiger partial charge in [-0.2, -0.15) is 0 Å². The number of nitrogens with one attached hydrogen (secondary N) is 2. The molecule has 212 valence electrons. The Hall–Kier alpha value is -3.35. The Bertz CT molecular complexity index is 1810. The average molecular weight is 668 g/mol. The van der Waals surface area contributed by atoms with Gasteiger partial charge in [-0.3, -0.25) is 13.8 Å². The third-order valence-corrected chi connectivity index (χ3v) is 11.2. The number of hydrogen-bond acceptors (Lipinski definition) is 12. The van der Waals surface area contributed by atoms with E-state index < -0.39 is 49.1 Å². The summed E-state index contributed by atoms with van der Waals surface area (Å²) in [4.78, 5) is 27.4. The predicted molar refractivity (Wildman–Crippen MR) is 148 cm³/mol. The van der Waals surface area contributed by atoms with Gasteiger partial charge in [-0.25, -0.2) is 26.6 Å². The molecule has 0 aromatic carbocycles. The Kier molecular flexibility index (Phi) is 8.08. The number of aromatic nitrogens is 1. The molecule has 0 bridgehead atoms. The van der Waals surface area contributed by atoms with Gasteiger partial charge in [0.25, 0.3) is 26.0 Å². The van der Waals surface area contributed by atoms with Crippen molar-refractivity contribution in [3.63, 3.8) is 0 Å². The van der Waals surface area contributed by atoms with Gasteiger partial charge in [-0.15, -0.1) is 22.7 Å². The molecule has 19 heteroatoms. The smallest absolute Gasteiger partial charge is 0.359 e. The summed E-state index contributed by atoms with van der Waals surface area (Å²) >= 11 is 13.3. The van der Waals surface area contributed by atoms with E-state index >= 15 is 0 Å². The number of anilines is 1. The molecule has 0 spiro atoms. The van der Waals surface area contributed by atoms with Crippen molar-refractivity contribution in [3.05, 3.63) is 66.3 Å². The molecule has 40 heavy (non-hydrogen) atoms. The summed E-state index contributed by atoms with van der Waals surface area (Å²) in [6.07, 6.45) is 1.47. The highest BCUT2D eigenvalue weighted by Crippen LogP contribution is 2.42. The lowest BCUT2D eigenvalue weighted by molar-refractivity contribution is -0.136. The first-order valence-corrected chi connectivity index (χ1v) is 15.8. The zero-order valence-electron chi connectivity index (χ0n) is 20.0. The normalized spacial score (nSPS) is 16.6. The highest BCUT2D eigenvalue weighted by atomic mass is 35.5. The van der Waals surface area contributed by atoms with E-state index in [4.69, 9.17) is 23.2 Å². The number of methoxy groups -OCH3 is 1. The molecule has 0 radical (unpaired) electrons. The monoisotopic (exact) mass is 666 g/mol. The number of esters is 1. The minimum Gasteiger partial charge on any atom is -0.504 e. The summed E-state index contributed by atoms with van der Waals surface area (Å²) in [5.74, 6) is -2.46. The van der Waals surface area contributed by atoms with Gasteiger partial charge in [0.1, 0.15) is 15.6 Å². The van der Waals surface area contributed by atoms with E-state index in [1.54, 1.807) is 18.2 Å². The molecule has 3 aromatic heterocycles. The van der Waals surface area contributed by atoms with Crippen molar-refractivity contribution < 1.29 is 41.4 Å². The largest absolute Gasteiger partial charge is 0.504 e. The maximum atomic E-state index is 12.5. The van der Waals surface area contributed by atoms with Crippen LogP contribution < -0.4 is 10.0 Å². The first-order chi connectivity index (χ1) is 18.7. The van der Waals surface area contributed by atoms with E-state index in [2.05, 4.69) is 15.0 Å². The third kappa shape index (κ3) is 5.35. The number of aliphatic hydroxyl groups is 2. The number of pyridine rings is 1. The zero-order valence-corrected chi connectivity index (χ0v) is 24.8. The Morgan fingerprint density at radius 3 is 2.20 bits per heavy atom. The van der Waals surface area contributed by atoms with Crippen LogP contribution in [0.25, 0.3) is 11.5 Å². The van der Waals surface area contributed by atoms with E-state index in [9.17, 15) is 36.6 Å². The molecule has 0 aliphatic carbocycles. The lowest BCUT2D eigenvalue weighted by atomic mass is 10.3. The van der Waals surface area contributed by atoms with Crippen LogP contribution in [-0.4, -0.2) is 62.4 Å². The first-order valence-electron chi connectivity index (χ1n) is 10.5. The standard InChI is InChI=1S/C13H10ClN3O4S2.C8H6ClNO5S2/c1-17-10(13(19)16-9-4-2-3-5-15-9)11(18)12-7(23(17,20)21)6-8(14)22-12;1-15-8(12)5-6(11)7-3(2-4(9)16-7)17(13,14)10-5/h2-6,18H,1H3,(H,15,16,19);2,10-11H,1H3. The number of hydrogen-bond donors (Lipinski definition) is 4. The number of amides is 1. The van der Waals surface area contributed by atoms with Gasteiger partial charge >= 0.3 is 5.97 Å². The van der Waals surface area contributed by atoms with Gasteiger partial charge in [-0.1, -0.05) is 29.3 Å². The van der Waals surface area contributed by atoms with E-state index in [0.29, 0.717) is 0 Å². The van der Waals surface area contributed by atoms with E-state index in [-0.39, 0.29) is 39.7 Å². The summed E-state index contributed by atoms with van der Waals surface area (Å²) in [7, 11) is -5.60. The zero-order chi connectivity index (χ0) is 29.6. The van der Waals surface area contributed by atoms with Gasteiger partial charge in [0.2, 0.25) is 0 Å². The number of thiophene rings is 2. The van der Waals surface area contributed by atoms with Gasteiger partial charge < -0.3 is 20.3 Å². The second-order valence-corrected chi connectivity index (χ2v) is 14.6. The number of carbonyl (C=O) groups is 2. The molecule has 0 unspecified atom stereocenters. The van der Waals surface area contributed by atoms with Crippen LogP contribution in [0.5, 0.6) is 0 Å². The van der Waals surface area contributed by atoms with Crippen LogP contribution in [0.1, 0.15) is 9.75 Å². The summed E-state index contributed by atoms with van der Waals surface area (Å²) in [5.41, 5.74) is -0.903. The fourth-order valence-corrected chi connectivity index (χ4v) is 9.18. The molecule has 2 aliphatic rings. The van der Waals surface area contributed by atoms with Crippen molar-refractivity contribution in [2.45, 2.75) is 9.79 Å². The highest BCUT2D eigenvalue weighted by molar-refractivity contribution is 7.90. The lowest BCUT2D eigenvalue weighted by Gasteiger charge is -2.26. The predicted octanol–water partition coefficient (Wildman–Crippen LogP) is 3.39. The van der Waals surface area contributed by atoms with Crippen LogP contribution in [0, 0.1) is 0 Å². The summed E-state index contributed by atoms with van der Waals surface area (Å²) in [6, 6.07) is 7.32. The maximum Gasteiger partial charge on any atom is 0.359 e. The van der Waals surface area contributed by atoms with Crippen molar-refractivity contribution in [2.75, 3.05) is 19.5 Å². The molecular weight excluding hydrogens is 651 g/mol. The van der Waals surface area contributed by atoms with Crippen LogP contribution in [0.15, 0.2) is 57.7 Å². The van der Waals surface area contributed by atoms with E-state index in [1.165, 1.54) is 25.4 Å². The number of fused-ring (bicyclic) bond motifs is 2. The Balaban J connectivity index is 0.000000194. The Labute approximate surface area is 245 Å². The van der Waals surface area contributed by atoms with E-state index in [1.807, 2.05) is 4.72 Å². The molecule has 0 saturated heterocycles. The molecule has 5 heterocycles. The van der Waals surface area contributed by atoms with Gasteiger partial charge in [-0.05, 0) is 24.3 Å². The number of carbonyl (C=O) groups excluding carboxylic acids is 2. The van der Waals surface area contributed by atoms with Gasteiger partial charge in [0, 0.05) is 13.2 Å². The van der Waals surface area contributed by atoms with Crippen LogP contribution in [0.3, 0.4) is 0 Å². The Morgan fingerprint density at radius 1 is 1.02 bits per heavy atom. The quantitative estimate of drug-likeness (QED) is 0.301. The number of aliphatic hydroxyl groups excluding tert-OH is 2. The number of ether oxygens (including phenoxy) is 1. The molecule has 2 aliphatic heterocycles. The number of nitrogens with zero attached hydrogens (tertiary/aromatic N) is 2. The molecule has 0 saturated carbocycles. The second-order valence-electron chi connectivity index (χ2n) is 7.65.